The average Bonchev–Trinajstić information content (AvgIpc) is 3.02. The minimum atomic E-state index is -0.308. The summed E-state index contributed by atoms with van der Waals surface area (Å²) in [6.45, 7) is 7.94. The molecule has 0 bridgehead atoms. The number of nitrogens with zero attached hydrogens (tertiary/aromatic N) is 1. The molecule has 0 spiro atoms. The predicted octanol–water partition coefficient (Wildman–Crippen LogP) is 1.16. The highest BCUT2D eigenvalue weighted by Crippen LogP contribution is 2.36. The molecule has 1 heterocycles. The fraction of sp³-hybridized carbons (Fsp3) is 0.846. The molecule has 2 aliphatic rings. The van der Waals surface area contributed by atoms with Gasteiger partial charge in [-0.3, -0.25) is 9.59 Å². The fourth-order valence-corrected chi connectivity index (χ4v) is 2.67. The van der Waals surface area contributed by atoms with Crippen LogP contribution in [0.4, 0.5) is 0 Å². The van der Waals surface area contributed by atoms with E-state index in [-0.39, 0.29) is 35.9 Å². The van der Waals surface area contributed by atoms with E-state index in [0.717, 1.165) is 12.8 Å². The number of nitrogens with one attached hydrogen (secondary N) is 1. The van der Waals surface area contributed by atoms with E-state index in [1.807, 2.05) is 27.7 Å². The zero-order valence-corrected chi connectivity index (χ0v) is 11.1. The second-order valence-electron chi connectivity index (χ2n) is 5.85. The minimum Gasteiger partial charge on any atom is -0.342 e. The third-order valence-electron chi connectivity index (χ3n) is 3.67. The van der Waals surface area contributed by atoms with Gasteiger partial charge in [0.25, 0.3) is 0 Å². The monoisotopic (exact) mass is 238 g/mol. The molecule has 17 heavy (non-hydrogen) atoms. The summed E-state index contributed by atoms with van der Waals surface area (Å²) in [5.41, 5.74) is 0. The third-order valence-corrected chi connectivity index (χ3v) is 3.67. The van der Waals surface area contributed by atoms with Gasteiger partial charge in [0.2, 0.25) is 11.8 Å². The van der Waals surface area contributed by atoms with Crippen LogP contribution in [0.2, 0.25) is 0 Å². The Morgan fingerprint density at radius 1 is 1.18 bits per heavy atom. The Morgan fingerprint density at radius 2 is 1.76 bits per heavy atom. The predicted molar refractivity (Wildman–Crippen MR) is 65.3 cm³/mol. The number of hydrogen-bond donors (Lipinski definition) is 1. The van der Waals surface area contributed by atoms with Crippen molar-refractivity contribution in [1.29, 1.82) is 0 Å². The Kier molecular flexibility index (Phi) is 3.15. The number of hydrogen-bond acceptors (Lipinski definition) is 2. The van der Waals surface area contributed by atoms with Crippen LogP contribution in [0.15, 0.2) is 0 Å². The quantitative estimate of drug-likeness (QED) is 0.802. The molecule has 1 saturated heterocycles. The van der Waals surface area contributed by atoms with E-state index < -0.39 is 0 Å². The number of carbonyl (C=O) groups excluding carboxylic acids is 2. The van der Waals surface area contributed by atoms with Crippen molar-refractivity contribution in [1.82, 2.24) is 10.2 Å². The Morgan fingerprint density at radius 3 is 2.18 bits per heavy atom. The Hall–Kier alpha value is -1.06. The smallest absolute Gasteiger partial charge is 0.246 e. The lowest BCUT2D eigenvalue weighted by Gasteiger charge is -2.43. The fourth-order valence-electron chi connectivity index (χ4n) is 2.67. The van der Waals surface area contributed by atoms with Crippen molar-refractivity contribution in [3.8, 4) is 0 Å². The first-order chi connectivity index (χ1) is 7.93. The average molecular weight is 238 g/mol. The zero-order valence-electron chi connectivity index (χ0n) is 11.1. The Balaban J connectivity index is 2.25. The molecule has 0 radical (unpaired) electrons. The first-order valence-corrected chi connectivity index (χ1v) is 6.56. The van der Waals surface area contributed by atoms with Crippen molar-refractivity contribution in [2.45, 2.75) is 58.7 Å². The normalized spacial score (nSPS) is 30.1. The molecule has 2 amide bonds. The van der Waals surface area contributed by atoms with Gasteiger partial charge >= 0.3 is 0 Å². The molecular formula is C13H22N2O2. The first kappa shape index (κ1) is 12.4. The molecule has 1 aliphatic heterocycles. The molecule has 4 heteroatoms. The summed E-state index contributed by atoms with van der Waals surface area (Å²) in [5.74, 6) is 0.660. The van der Waals surface area contributed by atoms with E-state index >= 15 is 0 Å². The number of carbonyl (C=O) groups is 2. The van der Waals surface area contributed by atoms with E-state index in [4.69, 9.17) is 0 Å². The number of piperazine rings is 1. The summed E-state index contributed by atoms with van der Waals surface area (Å²) in [7, 11) is 0. The molecule has 96 valence electrons. The van der Waals surface area contributed by atoms with Crippen LogP contribution in [-0.2, 0) is 9.59 Å². The topological polar surface area (TPSA) is 49.4 Å². The summed E-state index contributed by atoms with van der Waals surface area (Å²) in [4.78, 5) is 26.3. The molecule has 1 N–H and O–H groups in total. The van der Waals surface area contributed by atoms with Crippen molar-refractivity contribution in [3.63, 3.8) is 0 Å². The summed E-state index contributed by atoms with van der Waals surface area (Å²) in [6, 6.07) is -0.486. The van der Waals surface area contributed by atoms with E-state index in [2.05, 4.69) is 5.32 Å². The second kappa shape index (κ2) is 4.31. The molecule has 0 aromatic carbocycles. The summed E-state index contributed by atoms with van der Waals surface area (Å²) in [6.07, 6.45) is 2.13. The highest BCUT2D eigenvalue weighted by Gasteiger charge is 2.48. The highest BCUT2D eigenvalue weighted by atomic mass is 16.2. The van der Waals surface area contributed by atoms with Gasteiger partial charge in [0.15, 0.2) is 0 Å². The summed E-state index contributed by atoms with van der Waals surface area (Å²) >= 11 is 0. The molecule has 0 aromatic rings. The van der Waals surface area contributed by atoms with Gasteiger partial charge in [-0.25, -0.2) is 0 Å². The lowest BCUT2D eigenvalue weighted by atomic mass is 9.94. The van der Waals surface area contributed by atoms with E-state index in [0.29, 0.717) is 5.92 Å². The third kappa shape index (κ3) is 2.17. The van der Waals surface area contributed by atoms with Crippen LogP contribution in [-0.4, -0.2) is 34.8 Å². The molecule has 4 nitrogen and oxygen atoms in total. The maximum atomic E-state index is 12.4. The molecule has 0 aromatic heterocycles. The largest absolute Gasteiger partial charge is 0.342 e. The molecule has 1 saturated carbocycles. The van der Waals surface area contributed by atoms with Crippen LogP contribution >= 0.6 is 0 Å². The van der Waals surface area contributed by atoms with Crippen molar-refractivity contribution in [2.24, 2.45) is 11.8 Å². The van der Waals surface area contributed by atoms with Gasteiger partial charge < -0.3 is 10.2 Å². The van der Waals surface area contributed by atoms with E-state index in [9.17, 15) is 9.59 Å². The molecule has 1 aliphatic carbocycles. The first-order valence-electron chi connectivity index (χ1n) is 6.56. The maximum Gasteiger partial charge on any atom is 0.246 e. The van der Waals surface area contributed by atoms with Gasteiger partial charge in [-0.15, -0.1) is 0 Å². The van der Waals surface area contributed by atoms with Crippen molar-refractivity contribution in [3.05, 3.63) is 0 Å². The Labute approximate surface area is 103 Å². The van der Waals surface area contributed by atoms with E-state index in [1.54, 1.807) is 4.90 Å². The number of rotatable bonds is 3. The summed E-state index contributed by atoms with van der Waals surface area (Å²) in [5, 5.41) is 2.91. The lowest BCUT2D eigenvalue weighted by Crippen LogP contribution is -2.66. The van der Waals surface area contributed by atoms with Crippen molar-refractivity contribution < 1.29 is 9.59 Å². The molecule has 2 rings (SSSR count). The van der Waals surface area contributed by atoms with Gasteiger partial charge in [0.1, 0.15) is 12.1 Å². The standard InChI is InChI=1S/C13H22N2O2/c1-7(2)11-12(16)14-10(9-5-6-9)13(17)15(11)8(3)4/h7-11H,5-6H2,1-4H3,(H,14,16). The van der Waals surface area contributed by atoms with Crippen molar-refractivity contribution in [2.75, 3.05) is 0 Å². The maximum absolute atomic E-state index is 12.4. The van der Waals surface area contributed by atoms with Crippen LogP contribution in [0.3, 0.4) is 0 Å². The van der Waals surface area contributed by atoms with Gasteiger partial charge in [-0.05, 0) is 38.5 Å². The highest BCUT2D eigenvalue weighted by molar-refractivity contribution is 5.97. The minimum absolute atomic E-state index is 0.0187. The summed E-state index contributed by atoms with van der Waals surface area (Å²) < 4.78 is 0. The van der Waals surface area contributed by atoms with Crippen LogP contribution in [0.5, 0.6) is 0 Å². The van der Waals surface area contributed by atoms with Gasteiger partial charge in [-0.1, -0.05) is 13.8 Å². The van der Waals surface area contributed by atoms with Crippen LogP contribution < -0.4 is 5.32 Å². The van der Waals surface area contributed by atoms with Crippen LogP contribution in [0.25, 0.3) is 0 Å². The molecule has 2 fully saturated rings. The van der Waals surface area contributed by atoms with Gasteiger partial charge in [0.05, 0.1) is 0 Å². The zero-order chi connectivity index (χ0) is 12.7. The Bertz CT molecular complexity index is 334. The van der Waals surface area contributed by atoms with Crippen molar-refractivity contribution >= 4 is 11.8 Å². The van der Waals surface area contributed by atoms with Crippen LogP contribution in [0, 0.1) is 11.8 Å². The molecule has 2 unspecified atom stereocenters. The molecule has 2 atom stereocenters. The molecular weight excluding hydrogens is 216 g/mol. The van der Waals surface area contributed by atoms with Gasteiger partial charge in [0, 0.05) is 6.04 Å². The SMILES string of the molecule is CC(C)C1C(=O)NC(C2CC2)C(=O)N1C(C)C. The number of amides is 2. The van der Waals surface area contributed by atoms with Crippen LogP contribution in [0.1, 0.15) is 40.5 Å². The van der Waals surface area contributed by atoms with E-state index in [1.165, 1.54) is 0 Å². The lowest BCUT2D eigenvalue weighted by molar-refractivity contribution is -0.154. The second-order valence-corrected chi connectivity index (χ2v) is 5.85. The van der Waals surface area contributed by atoms with Gasteiger partial charge in [-0.2, -0.15) is 0 Å².